The molecule has 1 aliphatic rings. The minimum absolute atomic E-state index is 0.0112. The first-order valence-corrected chi connectivity index (χ1v) is 6.33. The first kappa shape index (κ1) is 13.8. The molecule has 1 aromatic rings. The minimum atomic E-state index is -0.466. The number of amides is 1. The lowest BCUT2D eigenvalue weighted by Gasteiger charge is -2.27. The summed E-state index contributed by atoms with van der Waals surface area (Å²) in [6, 6.07) is 3.37. The van der Waals surface area contributed by atoms with Crippen molar-refractivity contribution < 1.29 is 9.90 Å². The van der Waals surface area contributed by atoms with E-state index >= 15 is 0 Å². The molecule has 1 fully saturated rings. The summed E-state index contributed by atoms with van der Waals surface area (Å²) >= 11 is 0. The molecule has 1 aliphatic heterocycles. The Kier molecular flexibility index (Phi) is 4.01. The van der Waals surface area contributed by atoms with Crippen molar-refractivity contribution in [2.75, 3.05) is 32.9 Å². The molecule has 2 atom stereocenters. The number of nitrogens with two attached hydrogens (primary N) is 1. The van der Waals surface area contributed by atoms with Gasteiger partial charge in [-0.1, -0.05) is 0 Å². The number of carbonyl (C=O) groups excluding carboxylic acids is 1. The fraction of sp³-hybridized carbons (Fsp3) is 0.538. The summed E-state index contributed by atoms with van der Waals surface area (Å²) in [4.78, 5) is 20.1. The fourth-order valence-electron chi connectivity index (χ4n) is 2.49. The predicted octanol–water partition coefficient (Wildman–Crippen LogP) is -0.199. The second-order valence-electron chi connectivity index (χ2n) is 5.20. The van der Waals surface area contributed by atoms with Crippen molar-refractivity contribution in [2.45, 2.75) is 18.6 Å². The Morgan fingerprint density at radius 1 is 1.63 bits per heavy atom. The summed E-state index contributed by atoms with van der Waals surface area (Å²) in [5.74, 6) is 0.0755. The van der Waals surface area contributed by atoms with Crippen LogP contribution in [0.3, 0.4) is 0 Å². The number of aliphatic hydroxyl groups is 1. The SMILES string of the molecule is CN(C)CC1CC(O)CN1C(=O)c1cccnc1N. The fourth-order valence-corrected chi connectivity index (χ4v) is 2.49. The number of likely N-dealkylation sites (tertiary alicyclic amines) is 1. The van der Waals surface area contributed by atoms with E-state index in [4.69, 9.17) is 5.73 Å². The second-order valence-corrected chi connectivity index (χ2v) is 5.20. The van der Waals surface area contributed by atoms with Gasteiger partial charge in [-0.15, -0.1) is 0 Å². The summed E-state index contributed by atoms with van der Waals surface area (Å²) < 4.78 is 0. The van der Waals surface area contributed by atoms with Crippen LogP contribution in [0.2, 0.25) is 0 Å². The summed E-state index contributed by atoms with van der Waals surface area (Å²) in [6.45, 7) is 1.08. The van der Waals surface area contributed by atoms with E-state index in [9.17, 15) is 9.90 Å². The van der Waals surface area contributed by atoms with Gasteiger partial charge in [0.25, 0.3) is 5.91 Å². The van der Waals surface area contributed by atoms with Crippen LogP contribution in [0.25, 0.3) is 0 Å². The van der Waals surface area contributed by atoms with Crippen LogP contribution in [0.1, 0.15) is 16.8 Å². The molecule has 0 saturated carbocycles. The quantitative estimate of drug-likeness (QED) is 0.790. The van der Waals surface area contributed by atoms with Gasteiger partial charge in [0.2, 0.25) is 0 Å². The van der Waals surface area contributed by atoms with E-state index in [-0.39, 0.29) is 17.8 Å². The molecule has 2 heterocycles. The molecule has 2 unspecified atom stereocenters. The lowest BCUT2D eigenvalue weighted by Crippen LogP contribution is -2.41. The van der Waals surface area contributed by atoms with Gasteiger partial charge < -0.3 is 20.6 Å². The first-order valence-electron chi connectivity index (χ1n) is 6.33. The zero-order valence-electron chi connectivity index (χ0n) is 11.3. The molecular weight excluding hydrogens is 244 g/mol. The smallest absolute Gasteiger partial charge is 0.257 e. The Balaban J connectivity index is 2.19. The third kappa shape index (κ3) is 3.02. The summed E-state index contributed by atoms with van der Waals surface area (Å²) in [5.41, 5.74) is 6.14. The topological polar surface area (TPSA) is 82.7 Å². The maximum atomic E-state index is 12.5. The van der Waals surface area contributed by atoms with Crippen LogP contribution in [-0.2, 0) is 0 Å². The maximum Gasteiger partial charge on any atom is 0.257 e. The lowest BCUT2D eigenvalue weighted by molar-refractivity contribution is 0.0700. The van der Waals surface area contributed by atoms with Gasteiger partial charge in [0.05, 0.1) is 11.7 Å². The van der Waals surface area contributed by atoms with Gasteiger partial charge in [-0.3, -0.25) is 4.79 Å². The molecule has 2 rings (SSSR count). The van der Waals surface area contributed by atoms with Crippen molar-refractivity contribution >= 4 is 11.7 Å². The van der Waals surface area contributed by atoms with Crippen LogP contribution < -0.4 is 5.73 Å². The normalized spacial score (nSPS) is 23.1. The van der Waals surface area contributed by atoms with Crippen LogP contribution in [0, 0.1) is 0 Å². The number of aromatic nitrogens is 1. The van der Waals surface area contributed by atoms with E-state index in [1.165, 1.54) is 0 Å². The van der Waals surface area contributed by atoms with Crippen LogP contribution >= 0.6 is 0 Å². The molecule has 0 aromatic carbocycles. The number of nitrogens with zero attached hydrogens (tertiary/aromatic N) is 3. The van der Waals surface area contributed by atoms with Crippen molar-refractivity contribution in [3.8, 4) is 0 Å². The molecule has 0 radical (unpaired) electrons. The Morgan fingerprint density at radius 2 is 2.37 bits per heavy atom. The van der Waals surface area contributed by atoms with Crippen LogP contribution in [-0.4, -0.2) is 65.1 Å². The molecular formula is C13H20N4O2. The van der Waals surface area contributed by atoms with Crippen LogP contribution in [0.5, 0.6) is 0 Å². The van der Waals surface area contributed by atoms with E-state index in [2.05, 4.69) is 4.98 Å². The highest BCUT2D eigenvalue weighted by Gasteiger charge is 2.35. The number of likely N-dealkylation sites (N-methyl/N-ethyl adjacent to an activating group) is 1. The van der Waals surface area contributed by atoms with Crippen LogP contribution in [0.4, 0.5) is 5.82 Å². The number of hydrogen-bond acceptors (Lipinski definition) is 5. The van der Waals surface area contributed by atoms with Crippen LogP contribution in [0.15, 0.2) is 18.3 Å². The molecule has 104 valence electrons. The lowest BCUT2D eigenvalue weighted by atomic mass is 10.1. The molecule has 1 aromatic heterocycles. The monoisotopic (exact) mass is 264 g/mol. The maximum absolute atomic E-state index is 12.5. The first-order chi connectivity index (χ1) is 8.99. The highest BCUT2D eigenvalue weighted by molar-refractivity contribution is 5.98. The number of rotatable bonds is 3. The van der Waals surface area contributed by atoms with Crippen molar-refractivity contribution in [3.63, 3.8) is 0 Å². The molecule has 6 heteroatoms. The van der Waals surface area contributed by atoms with E-state index < -0.39 is 6.10 Å². The molecule has 3 N–H and O–H groups in total. The number of nitrogen functional groups attached to an aromatic ring is 1. The number of carbonyl (C=O) groups is 1. The molecule has 0 bridgehead atoms. The van der Waals surface area contributed by atoms with Gasteiger partial charge in [-0.05, 0) is 32.6 Å². The van der Waals surface area contributed by atoms with Gasteiger partial charge in [0.1, 0.15) is 5.82 Å². The molecule has 19 heavy (non-hydrogen) atoms. The Labute approximate surface area is 112 Å². The van der Waals surface area contributed by atoms with Gasteiger partial charge in [0.15, 0.2) is 0 Å². The molecule has 6 nitrogen and oxygen atoms in total. The minimum Gasteiger partial charge on any atom is -0.391 e. The Hall–Kier alpha value is -1.66. The second kappa shape index (κ2) is 5.54. The van der Waals surface area contributed by atoms with E-state index in [1.54, 1.807) is 23.2 Å². The van der Waals surface area contributed by atoms with Gasteiger partial charge in [-0.25, -0.2) is 4.98 Å². The predicted molar refractivity (Wildman–Crippen MR) is 72.7 cm³/mol. The third-order valence-electron chi connectivity index (χ3n) is 3.30. The Bertz CT molecular complexity index is 464. The number of anilines is 1. The van der Waals surface area contributed by atoms with Crippen molar-refractivity contribution in [2.24, 2.45) is 0 Å². The van der Waals surface area contributed by atoms with E-state index in [0.29, 0.717) is 18.5 Å². The van der Waals surface area contributed by atoms with Gasteiger partial charge in [0, 0.05) is 25.3 Å². The standard InChI is InChI=1S/C13H20N4O2/c1-16(2)7-9-6-10(18)8-17(9)13(19)11-4-3-5-15-12(11)14/h3-5,9-10,18H,6-8H2,1-2H3,(H2,14,15). The zero-order valence-corrected chi connectivity index (χ0v) is 11.3. The summed E-state index contributed by atoms with van der Waals surface area (Å²) in [5, 5.41) is 9.79. The van der Waals surface area contributed by atoms with Crippen molar-refractivity contribution in [1.82, 2.24) is 14.8 Å². The highest BCUT2D eigenvalue weighted by atomic mass is 16.3. The molecule has 1 saturated heterocycles. The van der Waals surface area contributed by atoms with E-state index in [0.717, 1.165) is 6.54 Å². The van der Waals surface area contributed by atoms with Crippen molar-refractivity contribution in [1.29, 1.82) is 0 Å². The van der Waals surface area contributed by atoms with Gasteiger partial charge >= 0.3 is 0 Å². The third-order valence-corrected chi connectivity index (χ3v) is 3.30. The van der Waals surface area contributed by atoms with Crippen molar-refractivity contribution in [3.05, 3.63) is 23.9 Å². The van der Waals surface area contributed by atoms with E-state index in [1.807, 2.05) is 19.0 Å². The zero-order chi connectivity index (χ0) is 14.0. The Morgan fingerprint density at radius 3 is 3.00 bits per heavy atom. The van der Waals surface area contributed by atoms with Gasteiger partial charge in [-0.2, -0.15) is 0 Å². The largest absolute Gasteiger partial charge is 0.391 e. The molecule has 0 spiro atoms. The molecule has 1 amide bonds. The number of β-amino-alcohol motifs (C(OH)–C–C–N with tert-alkyl or cyclic N) is 1. The molecule has 0 aliphatic carbocycles. The highest BCUT2D eigenvalue weighted by Crippen LogP contribution is 2.22. The summed E-state index contributed by atoms with van der Waals surface area (Å²) in [7, 11) is 3.90. The summed E-state index contributed by atoms with van der Waals surface area (Å²) in [6.07, 6.45) is 1.69. The average Bonchev–Trinajstić information content (AvgIpc) is 2.69. The number of hydrogen-bond donors (Lipinski definition) is 2. The number of aliphatic hydroxyl groups excluding tert-OH is 1. The average molecular weight is 264 g/mol. The number of pyridine rings is 1.